The number of nitrogens with zero attached hydrogens (tertiary/aromatic N) is 3. The van der Waals surface area contributed by atoms with Gasteiger partial charge in [0.05, 0.1) is 18.2 Å². The molecule has 0 aromatic heterocycles. The molecule has 11 nitrogen and oxygen atoms in total. The third kappa shape index (κ3) is 11.5. The molecule has 3 aromatic rings. The van der Waals surface area contributed by atoms with Crippen molar-refractivity contribution in [3.05, 3.63) is 99.1 Å². The molecule has 2 amide bonds. The van der Waals surface area contributed by atoms with Crippen LogP contribution in [0.4, 0.5) is 18.9 Å². The number of anilines is 1. The third-order valence-electron chi connectivity index (χ3n) is 8.92. The van der Waals surface area contributed by atoms with Crippen molar-refractivity contribution in [2.24, 2.45) is 15.4 Å². The molecule has 0 saturated carbocycles. The number of nitrogens with one attached hydrogen (secondary N) is 4. The van der Waals surface area contributed by atoms with Gasteiger partial charge in [0.25, 0.3) is 5.91 Å². The van der Waals surface area contributed by atoms with Crippen LogP contribution in [0.1, 0.15) is 61.5 Å². The molecule has 56 heavy (non-hydrogen) atoms. The quantitative estimate of drug-likeness (QED) is 0.195. The Morgan fingerprint density at radius 3 is 2.66 bits per heavy atom. The van der Waals surface area contributed by atoms with E-state index >= 15 is 0 Å². The molecule has 1 unspecified atom stereocenters. The van der Waals surface area contributed by atoms with Crippen LogP contribution in [0.5, 0.6) is 5.75 Å². The zero-order chi connectivity index (χ0) is 39.9. The number of hydrogen-bond acceptors (Lipinski definition) is 10. The highest BCUT2D eigenvalue weighted by Crippen LogP contribution is 2.39. The average molecular weight is 810 g/mol. The predicted molar refractivity (Wildman–Crippen MR) is 213 cm³/mol. The van der Waals surface area contributed by atoms with Crippen molar-refractivity contribution in [3.8, 4) is 5.75 Å². The number of ether oxygens (including phenoxy) is 2. The SMILES string of the molecule is CC1=C=C(CCC(=O)N2CCCOc3ccc(cc3Cl)CN=C3NC(=NC(OCC(F)(F)F)N3)Nc3ccc(cc3)C(=O)NCC(C)(C)C2)Sc2ccccc21. The van der Waals surface area contributed by atoms with Gasteiger partial charge in [-0.15, -0.1) is 5.73 Å². The summed E-state index contributed by atoms with van der Waals surface area (Å²) in [5.74, 6) is 0.352. The summed E-state index contributed by atoms with van der Waals surface area (Å²) in [5.41, 5.74) is 6.81. The Labute approximate surface area is 332 Å². The van der Waals surface area contributed by atoms with Crippen LogP contribution in [0, 0.1) is 5.41 Å². The molecule has 0 aliphatic carbocycles. The molecular formula is C40H43ClF3N7O4S. The van der Waals surface area contributed by atoms with Crippen LogP contribution < -0.4 is 26.0 Å². The van der Waals surface area contributed by atoms with Crippen molar-refractivity contribution < 1.29 is 32.2 Å². The second-order valence-electron chi connectivity index (χ2n) is 14.3. The molecule has 0 fully saturated rings. The summed E-state index contributed by atoms with van der Waals surface area (Å²) in [6, 6.07) is 19.9. The number of halogens is 4. The normalized spacial score (nSPS) is 18.9. The molecule has 296 valence electrons. The standard InChI is InChI=1S/C40H43ClF3N7O4S/c1-25-19-29(56-33-8-5-4-7-30(25)33)14-16-34(52)51-17-6-18-54-32-15-9-26(20-31(32)41)21-45-36-48-37(50-38(49-36)55-24-40(42,43)44)47-28-12-10-27(11-13-28)35(53)46-22-39(2,3)23-51/h4-5,7-13,15,20,38H,6,14,16-18,21-24H2,1-3H3,(H,46,53)(H3,45,47,48,49,50). The van der Waals surface area contributed by atoms with E-state index in [4.69, 9.17) is 21.1 Å². The lowest BCUT2D eigenvalue weighted by atomic mass is 9.92. The number of benzene rings is 3. The molecule has 0 spiro atoms. The Morgan fingerprint density at radius 2 is 1.89 bits per heavy atom. The highest BCUT2D eigenvalue weighted by atomic mass is 35.5. The molecule has 4 N–H and O–H groups in total. The molecule has 6 aliphatic heterocycles. The summed E-state index contributed by atoms with van der Waals surface area (Å²) in [7, 11) is 0. The third-order valence-corrected chi connectivity index (χ3v) is 10.3. The number of thioether (sulfide) groups is 1. The van der Waals surface area contributed by atoms with Gasteiger partial charge >= 0.3 is 6.18 Å². The zero-order valence-corrected chi connectivity index (χ0v) is 32.8. The summed E-state index contributed by atoms with van der Waals surface area (Å²) in [6.07, 6.45) is -4.55. The number of rotatable bonds is 5. The minimum absolute atomic E-state index is 0.000864. The van der Waals surface area contributed by atoms with E-state index in [0.29, 0.717) is 73.1 Å². The number of aliphatic imine (C=N–C) groups is 2. The molecule has 6 bridgehead atoms. The molecule has 0 radical (unpaired) electrons. The topological polar surface area (TPSA) is 129 Å². The highest BCUT2D eigenvalue weighted by molar-refractivity contribution is 8.03. The van der Waals surface area contributed by atoms with E-state index < -0.39 is 24.6 Å². The Balaban J connectivity index is 1.19. The van der Waals surface area contributed by atoms with Gasteiger partial charge in [0.15, 0.2) is 0 Å². The van der Waals surface area contributed by atoms with Crippen LogP contribution >= 0.6 is 23.4 Å². The first-order valence-electron chi connectivity index (χ1n) is 18.1. The van der Waals surface area contributed by atoms with Gasteiger partial charge in [-0.25, -0.2) is 4.99 Å². The van der Waals surface area contributed by atoms with Gasteiger partial charge in [-0.1, -0.05) is 61.5 Å². The van der Waals surface area contributed by atoms with Crippen molar-refractivity contribution >= 4 is 58.4 Å². The zero-order valence-electron chi connectivity index (χ0n) is 31.2. The van der Waals surface area contributed by atoms with E-state index in [1.54, 1.807) is 54.2 Å². The number of allylic oxidation sites excluding steroid dienone is 1. The maximum atomic E-state index is 13.9. The van der Waals surface area contributed by atoms with Gasteiger partial charge in [-0.2, -0.15) is 18.2 Å². The molecule has 0 saturated heterocycles. The van der Waals surface area contributed by atoms with Gasteiger partial charge in [0.2, 0.25) is 24.2 Å². The second kappa shape index (κ2) is 17.9. The van der Waals surface area contributed by atoms with Gasteiger partial charge in [-0.3, -0.25) is 14.9 Å². The minimum Gasteiger partial charge on any atom is -0.492 e. The first-order valence-corrected chi connectivity index (χ1v) is 19.3. The number of fused-ring (bicyclic) bond motifs is 1. The average Bonchev–Trinajstić information content (AvgIpc) is 3.16. The van der Waals surface area contributed by atoms with Crippen LogP contribution in [0.15, 0.2) is 92.2 Å². The highest BCUT2D eigenvalue weighted by Gasteiger charge is 2.31. The van der Waals surface area contributed by atoms with Crippen LogP contribution in [0.25, 0.3) is 5.57 Å². The van der Waals surface area contributed by atoms with Crippen molar-refractivity contribution in [1.29, 1.82) is 0 Å². The number of hydrogen-bond donors (Lipinski definition) is 4. The van der Waals surface area contributed by atoms with Crippen LogP contribution in [0.3, 0.4) is 0 Å². The monoisotopic (exact) mass is 809 g/mol. The molecule has 6 heterocycles. The molecule has 1 atom stereocenters. The fourth-order valence-electron chi connectivity index (χ4n) is 6.14. The van der Waals surface area contributed by atoms with Gasteiger partial charge < -0.3 is 30.3 Å². The van der Waals surface area contributed by atoms with Crippen molar-refractivity contribution in [2.45, 2.75) is 64.0 Å². The lowest BCUT2D eigenvalue weighted by Crippen LogP contribution is -2.54. The Morgan fingerprint density at radius 1 is 1.11 bits per heavy atom. The predicted octanol–water partition coefficient (Wildman–Crippen LogP) is 7.56. The van der Waals surface area contributed by atoms with Crippen molar-refractivity contribution in [1.82, 2.24) is 20.9 Å². The summed E-state index contributed by atoms with van der Waals surface area (Å²) in [4.78, 5) is 39.8. The van der Waals surface area contributed by atoms with Gasteiger partial charge in [0, 0.05) is 52.7 Å². The number of carbonyl (C=O) groups excluding carboxylic acids is 2. The molecule has 3 aromatic carbocycles. The molecular weight excluding hydrogens is 767 g/mol. The first-order chi connectivity index (χ1) is 26.7. The molecule has 9 rings (SSSR count). The van der Waals surface area contributed by atoms with E-state index in [2.05, 4.69) is 49.1 Å². The van der Waals surface area contributed by atoms with E-state index in [9.17, 15) is 22.8 Å². The number of guanidine groups is 2. The first kappa shape index (κ1) is 40.7. The van der Waals surface area contributed by atoms with Crippen LogP contribution in [0.2, 0.25) is 5.02 Å². The maximum Gasteiger partial charge on any atom is 0.411 e. The van der Waals surface area contributed by atoms with Crippen LogP contribution in [-0.2, 0) is 16.1 Å². The van der Waals surface area contributed by atoms with E-state index in [0.717, 1.165) is 20.9 Å². The summed E-state index contributed by atoms with van der Waals surface area (Å²) < 4.78 is 49.9. The Bertz CT molecular complexity index is 2070. The lowest BCUT2D eigenvalue weighted by molar-refractivity contribution is -0.186. The fraction of sp³-hybridized carbons (Fsp3) is 0.375. The second-order valence-corrected chi connectivity index (χ2v) is 15.8. The summed E-state index contributed by atoms with van der Waals surface area (Å²) in [5, 5.41) is 12.0. The van der Waals surface area contributed by atoms with Crippen molar-refractivity contribution in [2.75, 3.05) is 38.2 Å². The molecule has 6 aliphatic rings. The maximum absolute atomic E-state index is 13.9. The summed E-state index contributed by atoms with van der Waals surface area (Å²) >= 11 is 8.23. The smallest absolute Gasteiger partial charge is 0.411 e. The Kier molecular flexibility index (Phi) is 13.0. The van der Waals surface area contributed by atoms with Gasteiger partial charge in [-0.05, 0) is 78.8 Å². The van der Waals surface area contributed by atoms with E-state index in [1.165, 1.54) is 0 Å². The fourth-order valence-corrected chi connectivity index (χ4v) is 7.54. The number of alkyl halides is 3. The number of carbonyl (C=O) groups is 2. The number of amides is 2. The van der Waals surface area contributed by atoms with Crippen molar-refractivity contribution in [3.63, 3.8) is 0 Å². The van der Waals surface area contributed by atoms with Gasteiger partial charge in [0.1, 0.15) is 12.4 Å². The minimum atomic E-state index is -4.56. The van der Waals surface area contributed by atoms with E-state index in [1.807, 2.05) is 37.8 Å². The van der Waals surface area contributed by atoms with E-state index in [-0.39, 0.29) is 30.3 Å². The van der Waals surface area contributed by atoms with Crippen LogP contribution in [-0.4, -0.2) is 74.0 Å². The molecule has 16 heteroatoms. The largest absolute Gasteiger partial charge is 0.492 e. The Hall–Kier alpha value is -4.95. The summed E-state index contributed by atoms with van der Waals surface area (Å²) in [6.45, 7) is 6.04. The lowest BCUT2D eigenvalue weighted by Gasteiger charge is -2.33.